The first kappa shape index (κ1) is 26.8. The molecule has 190 valence electrons. The zero-order valence-corrected chi connectivity index (χ0v) is 21.9. The molecule has 0 aliphatic heterocycles. The van der Waals surface area contributed by atoms with Crippen LogP contribution < -0.4 is 0 Å². The van der Waals surface area contributed by atoms with E-state index in [1.54, 1.807) is 0 Å². The van der Waals surface area contributed by atoms with Crippen LogP contribution in [0.2, 0.25) is 0 Å². The van der Waals surface area contributed by atoms with Crippen molar-refractivity contribution in [2.75, 3.05) is 13.1 Å². The first-order valence-electron chi connectivity index (χ1n) is 14.4. The van der Waals surface area contributed by atoms with E-state index in [4.69, 9.17) is 0 Å². The molecular formula is C30H48N2O2. The summed E-state index contributed by atoms with van der Waals surface area (Å²) in [5.74, 6) is 0.146. The van der Waals surface area contributed by atoms with Crippen molar-refractivity contribution in [3.8, 4) is 0 Å². The molecular weight excluding hydrogens is 420 g/mol. The lowest BCUT2D eigenvalue weighted by Gasteiger charge is -2.42. The summed E-state index contributed by atoms with van der Waals surface area (Å²) in [5.41, 5.74) is 1.23. The van der Waals surface area contributed by atoms with Gasteiger partial charge in [0, 0.05) is 25.2 Å². The van der Waals surface area contributed by atoms with Crippen LogP contribution in [0.4, 0.5) is 0 Å². The molecule has 3 rings (SSSR count). The average Bonchev–Trinajstić information content (AvgIpc) is 2.89. The lowest BCUT2D eigenvalue weighted by atomic mass is 9.87. The first-order valence-corrected chi connectivity index (χ1v) is 14.4. The second-order valence-corrected chi connectivity index (χ2v) is 10.5. The predicted octanol–water partition coefficient (Wildman–Crippen LogP) is 7.62. The number of rotatable bonds is 12. The maximum atomic E-state index is 14.2. The van der Waals surface area contributed by atoms with E-state index in [0.29, 0.717) is 23.2 Å². The highest BCUT2D eigenvalue weighted by atomic mass is 16.2. The van der Waals surface area contributed by atoms with Crippen LogP contribution in [0, 0.1) is 0 Å². The number of carbonyl (C=O) groups excluding carboxylic acids is 2. The molecule has 2 aliphatic rings. The molecule has 2 fully saturated rings. The predicted molar refractivity (Wildman–Crippen MR) is 141 cm³/mol. The normalized spacial score (nSPS) is 17.5. The number of amides is 2. The van der Waals surface area contributed by atoms with E-state index >= 15 is 0 Å². The van der Waals surface area contributed by atoms with Gasteiger partial charge in [-0.15, -0.1) is 0 Å². The van der Waals surface area contributed by atoms with Crippen LogP contribution in [-0.4, -0.2) is 46.8 Å². The van der Waals surface area contributed by atoms with Crippen LogP contribution >= 0.6 is 0 Å². The number of carbonyl (C=O) groups is 2. The third-order valence-electron chi connectivity index (χ3n) is 7.91. The van der Waals surface area contributed by atoms with Crippen molar-refractivity contribution in [2.24, 2.45) is 0 Å². The fraction of sp³-hybridized carbons (Fsp3) is 0.733. The van der Waals surface area contributed by atoms with Crippen LogP contribution in [0.3, 0.4) is 0 Å². The topological polar surface area (TPSA) is 40.6 Å². The molecule has 4 heteroatoms. The third kappa shape index (κ3) is 7.33. The Labute approximate surface area is 208 Å². The van der Waals surface area contributed by atoms with Crippen molar-refractivity contribution in [2.45, 2.75) is 129 Å². The molecule has 2 aliphatic carbocycles. The van der Waals surface area contributed by atoms with E-state index in [0.717, 1.165) is 77.3 Å². The van der Waals surface area contributed by atoms with E-state index in [9.17, 15) is 9.59 Å². The molecule has 0 N–H and O–H groups in total. The molecule has 0 unspecified atom stereocenters. The molecule has 1 aromatic rings. The Kier molecular flexibility index (Phi) is 11.4. The lowest BCUT2D eigenvalue weighted by Crippen LogP contribution is -2.49. The van der Waals surface area contributed by atoms with E-state index in [1.165, 1.54) is 38.5 Å². The lowest BCUT2D eigenvalue weighted by molar-refractivity contribution is 0.0443. The van der Waals surface area contributed by atoms with Gasteiger partial charge in [0.25, 0.3) is 11.8 Å². The SMILES string of the molecule is CCCCCN(CCCCC)C(=O)c1ccccc1C(=O)N(C1CCCCC1)C1CCCCC1. The fourth-order valence-corrected chi connectivity index (χ4v) is 5.93. The summed E-state index contributed by atoms with van der Waals surface area (Å²) >= 11 is 0. The van der Waals surface area contributed by atoms with Gasteiger partial charge in [-0.1, -0.05) is 90.2 Å². The van der Waals surface area contributed by atoms with Gasteiger partial charge in [0.15, 0.2) is 0 Å². The minimum absolute atomic E-state index is 0.0448. The number of unbranched alkanes of at least 4 members (excludes halogenated alkanes) is 4. The van der Waals surface area contributed by atoms with E-state index in [1.807, 2.05) is 29.2 Å². The fourth-order valence-electron chi connectivity index (χ4n) is 5.93. The minimum Gasteiger partial charge on any atom is -0.339 e. The Morgan fingerprint density at radius 3 is 1.56 bits per heavy atom. The van der Waals surface area contributed by atoms with Crippen LogP contribution in [0.15, 0.2) is 24.3 Å². The number of hydrogen-bond donors (Lipinski definition) is 0. The maximum Gasteiger partial charge on any atom is 0.255 e. The van der Waals surface area contributed by atoms with Gasteiger partial charge in [-0.05, 0) is 50.7 Å². The van der Waals surface area contributed by atoms with Gasteiger partial charge in [0.1, 0.15) is 0 Å². The molecule has 0 aromatic heterocycles. The summed E-state index contributed by atoms with van der Waals surface area (Å²) in [6, 6.07) is 8.32. The average molecular weight is 469 g/mol. The quantitative estimate of drug-likeness (QED) is 0.296. The van der Waals surface area contributed by atoms with Crippen LogP contribution in [0.25, 0.3) is 0 Å². The van der Waals surface area contributed by atoms with E-state index in [2.05, 4.69) is 18.7 Å². The number of hydrogen-bond acceptors (Lipinski definition) is 2. The molecule has 2 amide bonds. The summed E-state index contributed by atoms with van der Waals surface area (Å²) in [7, 11) is 0. The van der Waals surface area contributed by atoms with Crippen molar-refractivity contribution in [1.82, 2.24) is 9.80 Å². The van der Waals surface area contributed by atoms with Crippen molar-refractivity contribution in [3.05, 3.63) is 35.4 Å². The number of nitrogens with zero attached hydrogens (tertiary/aromatic N) is 2. The minimum atomic E-state index is 0.0448. The van der Waals surface area contributed by atoms with Gasteiger partial charge in [0.2, 0.25) is 0 Å². The highest BCUT2D eigenvalue weighted by molar-refractivity contribution is 6.07. The van der Waals surface area contributed by atoms with Crippen molar-refractivity contribution in [1.29, 1.82) is 0 Å². The molecule has 0 bridgehead atoms. The molecule has 0 spiro atoms. The van der Waals surface area contributed by atoms with Crippen LogP contribution in [0.1, 0.15) is 137 Å². The van der Waals surface area contributed by atoms with Gasteiger partial charge < -0.3 is 9.80 Å². The molecule has 4 nitrogen and oxygen atoms in total. The molecule has 2 saturated carbocycles. The maximum absolute atomic E-state index is 14.2. The van der Waals surface area contributed by atoms with Gasteiger partial charge >= 0.3 is 0 Å². The van der Waals surface area contributed by atoms with Gasteiger partial charge in [-0.2, -0.15) is 0 Å². The third-order valence-corrected chi connectivity index (χ3v) is 7.91. The van der Waals surface area contributed by atoms with E-state index < -0.39 is 0 Å². The summed E-state index contributed by atoms with van der Waals surface area (Å²) in [5, 5.41) is 0. The number of benzene rings is 1. The molecule has 34 heavy (non-hydrogen) atoms. The highest BCUT2D eigenvalue weighted by Crippen LogP contribution is 2.32. The highest BCUT2D eigenvalue weighted by Gasteiger charge is 2.34. The Morgan fingerprint density at radius 1 is 0.676 bits per heavy atom. The zero-order chi connectivity index (χ0) is 24.2. The standard InChI is InChI=1S/C30H48N2O2/c1-3-5-15-23-31(24-16-6-4-2)29(33)27-21-13-14-22-28(27)30(34)32(25-17-9-7-10-18-25)26-19-11-8-12-20-26/h13-14,21-22,25-26H,3-12,15-20,23-24H2,1-2H3. The van der Waals surface area contributed by atoms with Crippen molar-refractivity contribution < 1.29 is 9.59 Å². The Bertz CT molecular complexity index is 722. The second-order valence-electron chi connectivity index (χ2n) is 10.5. The summed E-state index contributed by atoms with van der Waals surface area (Å²) in [4.78, 5) is 32.2. The molecule has 1 aromatic carbocycles. The van der Waals surface area contributed by atoms with Gasteiger partial charge in [-0.25, -0.2) is 0 Å². The second kappa shape index (κ2) is 14.5. The van der Waals surface area contributed by atoms with Gasteiger partial charge in [-0.3, -0.25) is 9.59 Å². The summed E-state index contributed by atoms with van der Waals surface area (Å²) < 4.78 is 0. The van der Waals surface area contributed by atoms with Crippen LogP contribution in [-0.2, 0) is 0 Å². The molecule has 0 saturated heterocycles. The Hall–Kier alpha value is -1.84. The zero-order valence-electron chi connectivity index (χ0n) is 21.9. The van der Waals surface area contributed by atoms with Crippen molar-refractivity contribution in [3.63, 3.8) is 0 Å². The smallest absolute Gasteiger partial charge is 0.255 e. The van der Waals surface area contributed by atoms with Crippen LogP contribution in [0.5, 0.6) is 0 Å². The summed E-state index contributed by atoms with van der Waals surface area (Å²) in [6.45, 7) is 5.96. The largest absolute Gasteiger partial charge is 0.339 e. The Balaban J connectivity index is 1.86. The first-order chi connectivity index (χ1) is 16.7. The molecule has 0 radical (unpaired) electrons. The summed E-state index contributed by atoms with van der Waals surface area (Å²) in [6.07, 6.45) is 18.5. The monoisotopic (exact) mass is 468 g/mol. The molecule has 0 atom stereocenters. The van der Waals surface area contributed by atoms with Gasteiger partial charge in [0.05, 0.1) is 11.1 Å². The molecule has 0 heterocycles. The van der Waals surface area contributed by atoms with E-state index in [-0.39, 0.29) is 11.8 Å². The van der Waals surface area contributed by atoms with Crippen molar-refractivity contribution >= 4 is 11.8 Å². The Morgan fingerprint density at radius 2 is 1.12 bits per heavy atom.